The first-order valence-electron chi connectivity index (χ1n) is 9.29. The zero-order valence-electron chi connectivity index (χ0n) is 17.0. The summed E-state index contributed by atoms with van der Waals surface area (Å²) in [4.78, 5) is 41.9. The van der Waals surface area contributed by atoms with Gasteiger partial charge in [0.05, 0.1) is 35.8 Å². The van der Waals surface area contributed by atoms with E-state index in [0.29, 0.717) is 27.7 Å². The van der Waals surface area contributed by atoms with Crippen molar-refractivity contribution in [3.63, 3.8) is 0 Å². The Labute approximate surface area is 178 Å². The van der Waals surface area contributed by atoms with Gasteiger partial charge in [-0.25, -0.2) is 9.79 Å². The number of rotatable bonds is 6. The predicted octanol–water partition coefficient (Wildman–Crippen LogP) is 3.26. The first kappa shape index (κ1) is 21.6. The van der Waals surface area contributed by atoms with Gasteiger partial charge in [-0.1, -0.05) is 11.8 Å². The summed E-state index contributed by atoms with van der Waals surface area (Å²) in [5.41, 5.74) is 2.13. The van der Waals surface area contributed by atoms with Crippen LogP contribution in [-0.2, 0) is 14.3 Å². The van der Waals surface area contributed by atoms with Crippen molar-refractivity contribution in [1.82, 2.24) is 10.2 Å². The molecule has 3 rings (SSSR count). The number of methoxy groups -OCH3 is 1. The van der Waals surface area contributed by atoms with Crippen molar-refractivity contribution >= 4 is 34.5 Å². The number of nitro groups is 1. The highest BCUT2D eigenvalue weighted by atomic mass is 32.2. The number of fused-ring (bicyclic) bond motifs is 1. The maximum Gasteiger partial charge on any atom is 0.338 e. The van der Waals surface area contributed by atoms with E-state index >= 15 is 0 Å². The third-order valence-electron chi connectivity index (χ3n) is 4.62. The van der Waals surface area contributed by atoms with Crippen LogP contribution in [0.2, 0.25) is 0 Å². The Kier molecular flexibility index (Phi) is 6.25. The van der Waals surface area contributed by atoms with Crippen LogP contribution < -0.4 is 5.32 Å². The average Bonchev–Trinajstić information content (AvgIpc) is 3.07. The van der Waals surface area contributed by atoms with Crippen LogP contribution in [0.15, 0.2) is 51.6 Å². The van der Waals surface area contributed by atoms with Crippen LogP contribution in [0.3, 0.4) is 0 Å². The van der Waals surface area contributed by atoms with E-state index < -0.39 is 16.9 Å². The molecule has 0 aliphatic carbocycles. The lowest BCUT2D eigenvalue weighted by Gasteiger charge is -2.36. The topological polar surface area (TPSA) is 114 Å². The largest absolute Gasteiger partial charge is 0.466 e. The maximum absolute atomic E-state index is 12.6. The van der Waals surface area contributed by atoms with Crippen molar-refractivity contribution in [2.75, 3.05) is 7.11 Å². The minimum atomic E-state index is -0.612. The number of carbonyl (C=O) groups excluding carboxylic acids is 2. The number of nitrogens with one attached hydrogen (secondary N) is 1. The Bertz CT molecular complexity index is 981. The second-order valence-corrected chi connectivity index (χ2v) is 7.97. The second-order valence-electron chi connectivity index (χ2n) is 7.13. The summed E-state index contributed by atoms with van der Waals surface area (Å²) >= 11 is 1.37. The van der Waals surface area contributed by atoms with Crippen LogP contribution in [0.4, 0.5) is 5.69 Å². The van der Waals surface area contributed by atoms with Crippen molar-refractivity contribution in [2.24, 2.45) is 4.99 Å². The number of hydrogen-bond donors (Lipinski definition) is 1. The molecule has 10 heteroatoms. The van der Waals surface area contributed by atoms with Crippen molar-refractivity contribution < 1.29 is 19.2 Å². The van der Waals surface area contributed by atoms with E-state index in [1.54, 1.807) is 19.1 Å². The smallest absolute Gasteiger partial charge is 0.338 e. The minimum Gasteiger partial charge on any atom is -0.466 e. The molecular formula is C20H22N4O5S. The number of nitrogens with zero attached hydrogens (tertiary/aromatic N) is 3. The number of thioether (sulfide) groups is 1. The number of carbonyl (C=O) groups is 2. The van der Waals surface area contributed by atoms with Crippen molar-refractivity contribution in [3.05, 3.63) is 62.3 Å². The summed E-state index contributed by atoms with van der Waals surface area (Å²) in [6, 6.07) is 5.39. The van der Waals surface area contributed by atoms with E-state index in [0.717, 1.165) is 0 Å². The van der Waals surface area contributed by atoms with E-state index in [-0.39, 0.29) is 24.1 Å². The molecule has 158 valence electrons. The average molecular weight is 430 g/mol. The van der Waals surface area contributed by atoms with Gasteiger partial charge in [0.25, 0.3) is 5.69 Å². The van der Waals surface area contributed by atoms with Crippen LogP contribution in [0.1, 0.15) is 38.8 Å². The van der Waals surface area contributed by atoms with E-state index in [2.05, 4.69) is 10.3 Å². The lowest BCUT2D eigenvalue weighted by Crippen LogP contribution is -2.38. The van der Waals surface area contributed by atoms with E-state index in [9.17, 15) is 19.7 Å². The molecule has 0 radical (unpaired) electrons. The first-order valence-corrected chi connectivity index (χ1v) is 10.2. The number of nitro benzene ring substituents is 1. The van der Waals surface area contributed by atoms with Crippen LogP contribution >= 0.6 is 11.8 Å². The summed E-state index contributed by atoms with van der Waals surface area (Å²) < 4.78 is 4.98. The predicted molar refractivity (Wildman–Crippen MR) is 113 cm³/mol. The molecule has 2 aliphatic rings. The molecular weight excluding hydrogens is 408 g/mol. The number of allylic oxidation sites excluding steroid dienone is 1. The number of esters is 1. The van der Waals surface area contributed by atoms with Gasteiger partial charge in [-0.05, 0) is 43.9 Å². The van der Waals surface area contributed by atoms with Crippen molar-refractivity contribution in [2.45, 2.75) is 39.3 Å². The van der Waals surface area contributed by atoms with Crippen LogP contribution in [0.5, 0.6) is 0 Å². The quantitative estimate of drug-likeness (QED) is 0.418. The zero-order valence-corrected chi connectivity index (χ0v) is 17.9. The molecule has 1 N–H and O–H groups in total. The fourth-order valence-corrected chi connectivity index (χ4v) is 4.34. The Morgan fingerprint density at radius 2 is 2.00 bits per heavy atom. The van der Waals surface area contributed by atoms with Gasteiger partial charge in [-0.15, -0.1) is 0 Å². The van der Waals surface area contributed by atoms with Crippen molar-refractivity contribution in [1.29, 1.82) is 0 Å². The third kappa shape index (κ3) is 4.23. The number of benzene rings is 1. The molecule has 1 atom stereocenters. The molecule has 1 aromatic rings. The molecule has 0 saturated carbocycles. The van der Waals surface area contributed by atoms with E-state index in [4.69, 9.17) is 4.74 Å². The fraction of sp³-hybridized carbons (Fsp3) is 0.350. The number of amides is 1. The Balaban J connectivity index is 2.04. The van der Waals surface area contributed by atoms with Gasteiger partial charge in [0, 0.05) is 23.9 Å². The minimum absolute atomic E-state index is 0.000102. The van der Waals surface area contributed by atoms with Gasteiger partial charge in [0.15, 0.2) is 5.17 Å². The molecule has 2 aliphatic heterocycles. The summed E-state index contributed by atoms with van der Waals surface area (Å²) in [7, 11) is 1.29. The van der Waals surface area contributed by atoms with Crippen molar-refractivity contribution in [3.8, 4) is 0 Å². The molecule has 0 spiro atoms. The lowest BCUT2D eigenvalue weighted by molar-refractivity contribution is -0.384. The molecule has 9 nitrogen and oxygen atoms in total. The number of amidine groups is 1. The molecule has 0 saturated heterocycles. The molecule has 30 heavy (non-hydrogen) atoms. The molecule has 2 heterocycles. The number of non-ortho nitro benzene ring substituents is 1. The standard InChI is InChI=1S/C20H22N4O5S/c1-11(2)21-16(25)9-15-10-30-20-22-12(3)17(19(26)29-4)18(23(15)20)13-5-7-14(8-6-13)24(27)28/h5-8,10-11,18H,9H2,1-4H3,(H,21,25)/t18-/m0/s1. The second kappa shape index (κ2) is 8.70. The SMILES string of the molecule is COC(=O)C1=C(C)N=C2SC=C(CC(=O)NC(C)C)N2[C@H]1c1ccc([N+](=O)[O-])cc1. The molecule has 0 bridgehead atoms. The zero-order chi connectivity index (χ0) is 22.0. The Morgan fingerprint density at radius 3 is 2.57 bits per heavy atom. The Morgan fingerprint density at radius 1 is 1.33 bits per heavy atom. The molecule has 0 fully saturated rings. The van der Waals surface area contributed by atoms with Gasteiger partial charge in [0.2, 0.25) is 5.91 Å². The summed E-state index contributed by atoms with van der Waals surface area (Å²) in [6.45, 7) is 5.48. The molecule has 0 aromatic heterocycles. The van der Waals surface area contributed by atoms with Crippen LogP contribution in [0, 0.1) is 10.1 Å². The van der Waals surface area contributed by atoms with Gasteiger partial charge in [-0.3, -0.25) is 14.9 Å². The monoisotopic (exact) mass is 430 g/mol. The number of aliphatic imine (C=N–C) groups is 1. The summed E-state index contributed by atoms with van der Waals surface area (Å²) in [5.74, 6) is -0.687. The number of ether oxygens (including phenoxy) is 1. The molecule has 1 amide bonds. The van der Waals surface area contributed by atoms with Gasteiger partial charge < -0.3 is 15.0 Å². The lowest BCUT2D eigenvalue weighted by atomic mass is 9.93. The van der Waals surface area contributed by atoms with Crippen LogP contribution in [-0.4, -0.2) is 40.0 Å². The first-order chi connectivity index (χ1) is 14.2. The summed E-state index contributed by atoms with van der Waals surface area (Å²) in [6.07, 6.45) is 0.112. The van der Waals surface area contributed by atoms with E-state index in [1.165, 1.54) is 31.0 Å². The Hall–Kier alpha value is -3.14. The highest BCUT2D eigenvalue weighted by Gasteiger charge is 2.41. The fourth-order valence-electron chi connectivity index (χ4n) is 3.37. The maximum atomic E-state index is 12.6. The number of hydrogen-bond acceptors (Lipinski definition) is 8. The van der Waals surface area contributed by atoms with Crippen LogP contribution in [0.25, 0.3) is 0 Å². The van der Waals surface area contributed by atoms with Gasteiger partial charge in [-0.2, -0.15) is 0 Å². The molecule has 1 aromatic carbocycles. The van der Waals surface area contributed by atoms with Gasteiger partial charge in [0.1, 0.15) is 0 Å². The highest BCUT2D eigenvalue weighted by molar-refractivity contribution is 8.16. The van der Waals surface area contributed by atoms with E-state index in [1.807, 2.05) is 24.2 Å². The highest BCUT2D eigenvalue weighted by Crippen LogP contribution is 2.44. The normalized spacial score (nSPS) is 18.0. The third-order valence-corrected chi connectivity index (χ3v) is 5.51. The van der Waals surface area contributed by atoms with Gasteiger partial charge >= 0.3 is 5.97 Å². The summed E-state index contributed by atoms with van der Waals surface area (Å²) in [5, 5.41) is 16.4. The molecule has 0 unspecified atom stereocenters.